The minimum Gasteiger partial charge on any atom is -0.387 e. The van der Waals surface area contributed by atoms with Crippen molar-refractivity contribution >= 4 is 0 Å². The van der Waals surface area contributed by atoms with Gasteiger partial charge in [0.1, 0.15) is 0 Å². The lowest BCUT2D eigenvalue weighted by atomic mass is 9.98. The number of fused-ring (bicyclic) bond motifs is 2. The molecule has 0 aromatic heterocycles. The first-order valence-electron chi connectivity index (χ1n) is 8.33. The van der Waals surface area contributed by atoms with E-state index in [1.54, 1.807) is 0 Å². The molecule has 2 nitrogen and oxygen atoms in total. The standard InChI is InChI=1S/C18H25NO/c20-18-16-9-2-1-5-13(16)6-4-10-17(18)19-11-14-7-3-8-15(14)12-19/h1-2,5,9,14-15,17-18,20H,3-4,6-8,10-12H2. The SMILES string of the molecule is OC1c2ccccc2CCCC1N1CC2CCCC2C1. The zero-order chi connectivity index (χ0) is 13.5. The summed E-state index contributed by atoms with van der Waals surface area (Å²) in [5.41, 5.74) is 2.55. The van der Waals surface area contributed by atoms with Gasteiger partial charge < -0.3 is 5.11 Å². The van der Waals surface area contributed by atoms with Gasteiger partial charge in [-0.1, -0.05) is 30.7 Å². The van der Waals surface area contributed by atoms with Gasteiger partial charge in [-0.2, -0.15) is 0 Å². The number of hydrogen-bond donors (Lipinski definition) is 1. The molecule has 0 amide bonds. The predicted molar refractivity (Wildman–Crippen MR) is 80.5 cm³/mol. The van der Waals surface area contributed by atoms with Crippen molar-refractivity contribution in [2.24, 2.45) is 11.8 Å². The van der Waals surface area contributed by atoms with Crippen LogP contribution in [0, 0.1) is 11.8 Å². The molecular formula is C18H25NO. The van der Waals surface area contributed by atoms with E-state index in [0.29, 0.717) is 6.04 Å². The normalized spacial score (nSPS) is 37.5. The second-order valence-corrected chi connectivity index (χ2v) is 7.01. The molecular weight excluding hydrogens is 246 g/mol. The van der Waals surface area contributed by atoms with E-state index in [2.05, 4.69) is 29.2 Å². The molecule has 1 aliphatic heterocycles. The van der Waals surface area contributed by atoms with Crippen LogP contribution in [0.2, 0.25) is 0 Å². The van der Waals surface area contributed by atoms with E-state index in [-0.39, 0.29) is 6.10 Å². The van der Waals surface area contributed by atoms with Gasteiger partial charge >= 0.3 is 0 Å². The number of aliphatic hydroxyl groups is 1. The minimum absolute atomic E-state index is 0.285. The van der Waals surface area contributed by atoms with Crippen LogP contribution in [0.15, 0.2) is 24.3 Å². The number of nitrogens with zero attached hydrogens (tertiary/aromatic N) is 1. The van der Waals surface area contributed by atoms with Crippen LogP contribution in [-0.4, -0.2) is 29.1 Å². The van der Waals surface area contributed by atoms with Gasteiger partial charge in [0.2, 0.25) is 0 Å². The molecule has 1 aromatic rings. The van der Waals surface area contributed by atoms with Gasteiger partial charge in [-0.3, -0.25) is 4.90 Å². The lowest BCUT2D eigenvalue weighted by Crippen LogP contribution is -2.38. The molecule has 1 saturated heterocycles. The molecule has 1 heterocycles. The molecule has 2 aliphatic carbocycles. The summed E-state index contributed by atoms with van der Waals surface area (Å²) in [5.74, 6) is 1.83. The maximum atomic E-state index is 10.9. The fourth-order valence-corrected chi connectivity index (χ4v) is 4.84. The van der Waals surface area contributed by atoms with Crippen molar-refractivity contribution in [3.05, 3.63) is 35.4 Å². The van der Waals surface area contributed by atoms with Crippen molar-refractivity contribution in [3.8, 4) is 0 Å². The minimum atomic E-state index is -0.285. The summed E-state index contributed by atoms with van der Waals surface area (Å²) in [6.07, 6.45) is 7.47. The number of hydrogen-bond acceptors (Lipinski definition) is 2. The van der Waals surface area contributed by atoms with Gasteiger partial charge in [0.25, 0.3) is 0 Å². The van der Waals surface area contributed by atoms with Crippen LogP contribution in [0.4, 0.5) is 0 Å². The van der Waals surface area contributed by atoms with E-state index in [1.165, 1.54) is 49.9 Å². The number of aryl methyl sites for hydroxylation is 1. The average Bonchev–Trinajstić information content (AvgIpc) is 3.00. The van der Waals surface area contributed by atoms with Crippen LogP contribution in [0.25, 0.3) is 0 Å². The Balaban J connectivity index is 1.57. The highest BCUT2D eigenvalue weighted by molar-refractivity contribution is 5.31. The summed E-state index contributed by atoms with van der Waals surface area (Å²) in [6.45, 7) is 2.46. The first kappa shape index (κ1) is 12.8. The van der Waals surface area contributed by atoms with Crippen LogP contribution >= 0.6 is 0 Å². The smallest absolute Gasteiger partial charge is 0.0947 e. The monoisotopic (exact) mass is 271 g/mol. The van der Waals surface area contributed by atoms with Gasteiger partial charge in [-0.25, -0.2) is 0 Å². The molecule has 0 spiro atoms. The molecule has 2 fully saturated rings. The topological polar surface area (TPSA) is 23.5 Å². The number of benzene rings is 1. The van der Waals surface area contributed by atoms with Crippen LogP contribution in [0.3, 0.4) is 0 Å². The van der Waals surface area contributed by atoms with Crippen molar-refractivity contribution in [3.63, 3.8) is 0 Å². The van der Waals surface area contributed by atoms with Crippen molar-refractivity contribution in [2.75, 3.05) is 13.1 Å². The second kappa shape index (κ2) is 5.16. The van der Waals surface area contributed by atoms with Gasteiger partial charge in [-0.05, 0) is 55.1 Å². The summed E-state index contributed by atoms with van der Waals surface area (Å²) in [6, 6.07) is 8.86. The Morgan fingerprint density at radius 3 is 2.50 bits per heavy atom. The third-order valence-corrected chi connectivity index (χ3v) is 5.91. The van der Waals surface area contributed by atoms with Crippen LogP contribution in [0.5, 0.6) is 0 Å². The van der Waals surface area contributed by atoms with Crippen molar-refractivity contribution in [1.82, 2.24) is 4.90 Å². The molecule has 4 atom stereocenters. The van der Waals surface area contributed by atoms with Gasteiger partial charge in [-0.15, -0.1) is 0 Å². The summed E-state index contributed by atoms with van der Waals surface area (Å²) in [5, 5.41) is 10.9. The lowest BCUT2D eigenvalue weighted by molar-refractivity contribution is 0.0537. The first-order valence-corrected chi connectivity index (χ1v) is 8.33. The van der Waals surface area contributed by atoms with Crippen molar-refractivity contribution in [1.29, 1.82) is 0 Å². The highest BCUT2D eigenvalue weighted by atomic mass is 16.3. The van der Waals surface area contributed by atoms with E-state index in [9.17, 15) is 5.11 Å². The Hall–Kier alpha value is -0.860. The number of aliphatic hydroxyl groups excluding tert-OH is 1. The maximum absolute atomic E-state index is 10.9. The third-order valence-electron chi connectivity index (χ3n) is 5.91. The van der Waals surface area contributed by atoms with E-state index in [1.807, 2.05) is 0 Å². The van der Waals surface area contributed by atoms with Crippen molar-refractivity contribution in [2.45, 2.75) is 50.7 Å². The molecule has 0 radical (unpaired) electrons. The first-order chi connectivity index (χ1) is 9.83. The van der Waals surface area contributed by atoms with Gasteiger partial charge in [0.05, 0.1) is 6.10 Å². The second-order valence-electron chi connectivity index (χ2n) is 7.01. The molecule has 4 unspecified atom stereocenters. The lowest BCUT2D eigenvalue weighted by Gasteiger charge is -2.31. The molecule has 1 saturated carbocycles. The summed E-state index contributed by atoms with van der Waals surface area (Å²) in [4.78, 5) is 2.61. The Bertz CT molecular complexity index is 474. The van der Waals surface area contributed by atoms with Crippen LogP contribution in [-0.2, 0) is 6.42 Å². The molecule has 0 bridgehead atoms. The summed E-state index contributed by atoms with van der Waals surface area (Å²) in [7, 11) is 0. The Labute approximate surface area is 121 Å². The highest BCUT2D eigenvalue weighted by Crippen LogP contribution is 2.41. The largest absolute Gasteiger partial charge is 0.387 e. The van der Waals surface area contributed by atoms with E-state index in [4.69, 9.17) is 0 Å². The Morgan fingerprint density at radius 1 is 0.950 bits per heavy atom. The number of rotatable bonds is 1. The maximum Gasteiger partial charge on any atom is 0.0947 e. The zero-order valence-corrected chi connectivity index (χ0v) is 12.2. The average molecular weight is 271 g/mol. The van der Waals surface area contributed by atoms with E-state index < -0.39 is 0 Å². The van der Waals surface area contributed by atoms with Crippen LogP contribution in [0.1, 0.15) is 49.3 Å². The molecule has 3 aliphatic rings. The van der Waals surface area contributed by atoms with Crippen LogP contribution < -0.4 is 0 Å². The highest BCUT2D eigenvalue weighted by Gasteiger charge is 2.41. The fraction of sp³-hybridized carbons (Fsp3) is 0.667. The van der Waals surface area contributed by atoms with Gasteiger partial charge in [0.15, 0.2) is 0 Å². The molecule has 4 rings (SSSR count). The van der Waals surface area contributed by atoms with Gasteiger partial charge in [0, 0.05) is 19.1 Å². The molecule has 108 valence electrons. The Kier molecular flexibility index (Phi) is 3.31. The van der Waals surface area contributed by atoms with E-state index >= 15 is 0 Å². The quantitative estimate of drug-likeness (QED) is 0.793. The van der Waals surface area contributed by atoms with E-state index in [0.717, 1.165) is 24.7 Å². The molecule has 2 heteroatoms. The van der Waals surface area contributed by atoms with Crippen molar-refractivity contribution < 1.29 is 5.11 Å². The molecule has 20 heavy (non-hydrogen) atoms. The molecule has 1 N–H and O–H groups in total. The predicted octanol–water partition coefficient (Wildman–Crippen LogP) is 3.16. The number of likely N-dealkylation sites (tertiary alicyclic amines) is 1. The Morgan fingerprint density at radius 2 is 1.70 bits per heavy atom. The fourth-order valence-electron chi connectivity index (χ4n) is 4.84. The third kappa shape index (κ3) is 2.10. The summed E-state index contributed by atoms with van der Waals surface area (Å²) < 4.78 is 0. The summed E-state index contributed by atoms with van der Waals surface area (Å²) >= 11 is 0. The zero-order valence-electron chi connectivity index (χ0n) is 12.2. The molecule has 1 aromatic carbocycles.